The lowest BCUT2D eigenvalue weighted by Crippen LogP contribution is -2.18. The van der Waals surface area contributed by atoms with Crippen molar-refractivity contribution in [3.63, 3.8) is 0 Å². The van der Waals surface area contributed by atoms with Crippen molar-refractivity contribution in [2.75, 3.05) is 0 Å². The molecule has 0 bridgehead atoms. The average molecular weight is 213 g/mol. The highest BCUT2D eigenvalue weighted by Gasteiger charge is 2.07. The Hall–Kier alpha value is -1.33. The normalized spacial score (nSPS) is 14.4. The first-order valence-electron chi connectivity index (χ1n) is 3.89. The first-order chi connectivity index (χ1) is 6.42. The van der Waals surface area contributed by atoms with E-state index in [1.165, 1.54) is 12.1 Å². The van der Waals surface area contributed by atoms with Crippen LogP contribution in [-0.2, 0) is 14.6 Å². The second kappa shape index (κ2) is 3.81. The molecule has 0 heterocycles. The molecule has 76 valence electrons. The lowest BCUT2D eigenvalue weighted by atomic mass is 10.2. The Morgan fingerprint density at radius 1 is 1.43 bits per heavy atom. The van der Waals surface area contributed by atoms with Gasteiger partial charge in [0.05, 0.1) is 10.3 Å². The van der Waals surface area contributed by atoms with Crippen LogP contribution in [0, 0.1) is 6.92 Å². The summed E-state index contributed by atoms with van der Waals surface area (Å²) in [6, 6.07) is 6.38. The summed E-state index contributed by atoms with van der Waals surface area (Å²) in [5.41, 5.74) is 5.79. The van der Waals surface area contributed by atoms with E-state index in [0.29, 0.717) is 5.37 Å². The van der Waals surface area contributed by atoms with Crippen LogP contribution in [0.4, 0.5) is 0 Å². The van der Waals surface area contributed by atoms with Crippen LogP contribution in [0.5, 0.6) is 0 Å². The van der Waals surface area contributed by atoms with Crippen molar-refractivity contribution in [3.05, 3.63) is 29.8 Å². The van der Waals surface area contributed by atoms with E-state index in [1.807, 2.05) is 6.92 Å². The molecule has 5 heteroatoms. The van der Waals surface area contributed by atoms with Gasteiger partial charge in [-0.15, -0.1) is 0 Å². The summed E-state index contributed by atoms with van der Waals surface area (Å²) in [5.74, 6) is -0.905. The van der Waals surface area contributed by atoms with Crippen LogP contribution in [0.15, 0.2) is 29.2 Å². The summed E-state index contributed by atoms with van der Waals surface area (Å²) in [6.07, 6.45) is 0. The maximum Gasteiger partial charge on any atom is 0.252 e. The molecule has 0 fully saturated rings. The fourth-order valence-electron chi connectivity index (χ4n) is 0.959. The molecule has 0 radical (unpaired) electrons. The van der Waals surface area contributed by atoms with Crippen molar-refractivity contribution in [3.8, 4) is 0 Å². The predicted octanol–water partition coefficient (Wildman–Crippen LogP) is 0.399. The lowest BCUT2D eigenvalue weighted by molar-refractivity contribution is -0.111. The van der Waals surface area contributed by atoms with Crippen LogP contribution in [0.3, 0.4) is 0 Å². The zero-order valence-corrected chi connectivity index (χ0v) is 8.45. The van der Waals surface area contributed by atoms with Gasteiger partial charge in [0.15, 0.2) is 0 Å². The molecule has 0 aliphatic heterocycles. The number of hydrogen-bond acceptors (Lipinski definition) is 2. The summed E-state index contributed by atoms with van der Waals surface area (Å²) in [7, 11) is -3.43. The number of nitrogens with two attached hydrogens (primary N) is 1. The fourth-order valence-corrected chi connectivity index (χ4v) is 1.94. The smallest absolute Gasteiger partial charge is 0.252 e. The fraction of sp³-hybridized carbons (Fsp3) is 0.111. The Labute approximate surface area is 82.6 Å². The molecule has 0 saturated carbocycles. The Bertz CT molecular complexity index is 455. The highest BCUT2D eigenvalue weighted by Crippen LogP contribution is 2.09. The van der Waals surface area contributed by atoms with Crippen LogP contribution >= 0.6 is 0 Å². The third-order valence-electron chi connectivity index (χ3n) is 1.63. The van der Waals surface area contributed by atoms with E-state index in [0.717, 1.165) is 5.56 Å². The number of benzene rings is 1. The van der Waals surface area contributed by atoms with E-state index < -0.39 is 15.7 Å². The van der Waals surface area contributed by atoms with Crippen molar-refractivity contribution in [2.24, 2.45) is 5.73 Å². The highest BCUT2D eigenvalue weighted by atomic mass is 32.2. The van der Waals surface area contributed by atoms with Gasteiger partial charge in [0.25, 0.3) is 5.91 Å². The SMILES string of the molecule is Cc1ccc(S(=O)(O)=CC(N)=O)cc1. The van der Waals surface area contributed by atoms with Gasteiger partial charge in [0.1, 0.15) is 9.80 Å². The summed E-state index contributed by atoms with van der Waals surface area (Å²) in [4.78, 5) is 10.7. The lowest BCUT2D eigenvalue weighted by Gasteiger charge is -2.02. The zero-order chi connectivity index (χ0) is 10.8. The molecule has 0 aliphatic rings. The van der Waals surface area contributed by atoms with Crippen LogP contribution < -0.4 is 5.73 Å². The maximum absolute atomic E-state index is 11.5. The van der Waals surface area contributed by atoms with Crippen molar-refractivity contribution in [1.82, 2.24) is 0 Å². The van der Waals surface area contributed by atoms with Gasteiger partial charge in [-0.05, 0) is 19.1 Å². The van der Waals surface area contributed by atoms with Crippen LogP contribution in [0.2, 0.25) is 0 Å². The number of aryl methyl sites for hydroxylation is 1. The standard InChI is InChI=1S/C9H11NO3S/c1-7-2-4-8(5-3-7)14(12,13)6-9(10)11/h2-6H,1H3,(H2,10,11)(H,12,13). The van der Waals surface area contributed by atoms with E-state index in [9.17, 15) is 13.6 Å². The first kappa shape index (κ1) is 10.7. The van der Waals surface area contributed by atoms with Gasteiger partial charge in [-0.3, -0.25) is 4.79 Å². The van der Waals surface area contributed by atoms with Gasteiger partial charge in [0.2, 0.25) is 0 Å². The Morgan fingerprint density at radius 3 is 2.36 bits per heavy atom. The molecule has 14 heavy (non-hydrogen) atoms. The number of carbonyl (C=O) groups is 1. The van der Waals surface area contributed by atoms with Crippen molar-refractivity contribution in [1.29, 1.82) is 0 Å². The Morgan fingerprint density at radius 2 is 1.93 bits per heavy atom. The highest BCUT2D eigenvalue weighted by molar-refractivity contribution is 7.97. The van der Waals surface area contributed by atoms with Crippen molar-refractivity contribution < 1.29 is 13.6 Å². The van der Waals surface area contributed by atoms with E-state index in [2.05, 4.69) is 0 Å². The minimum atomic E-state index is -3.43. The number of hydrogen-bond donors (Lipinski definition) is 2. The number of amides is 1. The molecule has 1 atom stereocenters. The van der Waals surface area contributed by atoms with Crippen LogP contribution in [0.1, 0.15) is 5.56 Å². The van der Waals surface area contributed by atoms with E-state index >= 15 is 0 Å². The first-order valence-corrected chi connectivity index (χ1v) is 5.47. The molecule has 3 N–H and O–H groups in total. The molecule has 0 saturated heterocycles. The van der Waals surface area contributed by atoms with E-state index in [-0.39, 0.29) is 4.90 Å². The van der Waals surface area contributed by atoms with Gasteiger partial charge in [-0.1, -0.05) is 17.7 Å². The molecular weight excluding hydrogens is 202 g/mol. The van der Waals surface area contributed by atoms with Gasteiger partial charge in [0, 0.05) is 0 Å². The number of rotatable bonds is 2. The average Bonchev–Trinajstić information content (AvgIpc) is 2.02. The third-order valence-corrected chi connectivity index (χ3v) is 3.13. The van der Waals surface area contributed by atoms with Crippen molar-refractivity contribution in [2.45, 2.75) is 11.8 Å². The van der Waals surface area contributed by atoms with Gasteiger partial charge in [-0.2, -0.15) is 0 Å². The second-order valence-corrected chi connectivity index (χ2v) is 4.75. The second-order valence-electron chi connectivity index (χ2n) is 2.90. The molecule has 1 unspecified atom stereocenters. The maximum atomic E-state index is 11.5. The Balaban J connectivity index is 3.24. The van der Waals surface area contributed by atoms with Crippen LogP contribution in [-0.4, -0.2) is 20.0 Å². The largest absolute Gasteiger partial charge is 0.366 e. The van der Waals surface area contributed by atoms with Gasteiger partial charge in [-0.25, -0.2) is 4.21 Å². The molecule has 1 rings (SSSR count). The molecule has 1 amide bonds. The van der Waals surface area contributed by atoms with Gasteiger partial charge >= 0.3 is 0 Å². The molecule has 0 aliphatic carbocycles. The third kappa shape index (κ3) is 2.58. The van der Waals surface area contributed by atoms with Crippen LogP contribution in [0.25, 0.3) is 0 Å². The summed E-state index contributed by atoms with van der Waals surface area (Å²) in [5, 5.41) is 0.623. The molecule has 1 aromatic rings. The minimum absolute atomic E-state index is 0.182. The summed E-state index contributed by atoms with van der Waals surface area (Å²) < 4.78 is 20.9. The van der Waals surface area contributed by atoms with E-state index in [4.69, 9.17) is 5.73 Å². The quantitative estimate of drug-likeness (QED) is 0.698. The molecule has 0 aromatic heterocycles. The summed E-state index contributed by atoms with van der Waals surface area (Å²) >= 11 is 0. The number of primary amides is 1. The minimum Gasteiger partial charge on any atom is -0.366 e. The molecular formula is C9H11NO3S. The predicted molar refractivity (Wildman–Crippen MR) is 55.5 cm³/mol. The molecule has 0 spiro atoms. The number of carbonyl (C=O) groups excluding carboxylic acids is 1. The Kier molecular flexibility index (Phi) is 2.93. The van der Waals surface area contributed by atoms with Gasteiger partial charge < -0.3 is 10.3 Å². The van der Waals surface area contributed by atoms with E-state index in [1.54, 1.807) is 12.1 Å². The van der Waals surface area contributed by atoms with Crippen molar-refractivity contribution >= 4 is 21.1 Å². The summed E-state index contributed by atoms with van der Waals surface area (Å²) in [6.45, 7) is 1.86. The molecule has 1 aromatic carbocycles. The monoisotopic (exact) mass is 213 g/mol. The molecule has 4 nitrogen and oxygen atoms in total. The topological polar surface area (TPSA) is 80.4 Å². The zero-order valence-electron chi connectivity index (χ0n) is 7.64.